The number of carbonyl (C=O) groups is 2. The average Bonchev–Trinajstić information content (AvgIpc) is 2.82. The summed E-state index contributed by atoms with van der Waals surface area (Å²) >= 11 is 5.87. The summed E-state index contributed by atoms with van der Waals surface area (Å²) in [6, 6.07) is 17.3. The van der Waals surface area contributed by atoms with Gasteiger partial charge in [0.1, 0.15) is 0 Å². The molecular formula is C19H18ClNO2. The lowest BCUT2D eigenvalue weighted by Crippen LogP contribution is -2.33. The van der Waals surface area contributed by atoms with E-state index < -0.39 is 0 Å². The predicted molar refractivity (Wildman–Crippen MR) is 90.1 cm³/mol. The van der Waals surface area contributed by atoms with E-state index in [0.29, 0.717) is 30.8 Å². The topological polar surface area (TPSA) is 37.4 Å². The van der Waals surface area contributed by atoms with Crippen LogP contribution < -0.4 is 0 Å². The monoisotopic (exact) mass is 327 g/mol. The summed E-state index contributed by atoms with van der Waals surface area (Å²) < 4.78 is 0. The fourth-order valence-electron chi connectivity index (χ4n) is 2.94. The molecule has 2 amide bonds. The summed E-state index contributed by atoms with van der Waals surface area (Å²) in [6.45, 7) is 0.457. The Kier molecular flexibility index (Phi) is 4.77. The second-order valence-corrected chi connectivity index (χ2v) is 6.29. The quantitative estimate of drug-likeness (QED) is 0.788. The highest BCUT2D eigenvalue weighted by molar-refractivity contribution is 6.30. The molecule has 4 heteroatoms. The van der Waals surface area contributed by atoms with E-state index in [9.17, 15) is 9.59 Å². The van der Waals surface area contributed by atoms with Crippen LogP contribution in [-0.2, 0) is 22.4 Å². The van der Waals surface area contributed by atoms with Gasteiger partial charge >= 0.3 is 0 Å². The highest BCUT2D eigenvalue weighted by atomic mass is 35.5. The zero-order valence-electron chi connectivity index (χ0n) is 12.7. The molecular weight excluding hydrogens is 310 g/mol. The summed E-state index contributed by atoms with van der Waals surface area (Å²) in [5, 5.41) is 0.673. The van der Waals surface area contributed by atoms with Crippen molar-refractivity contribution in [2.24, 2.45) is 5.92 Å². The molecule has 0 radical (unpaired) electrons. The molecule has 0 aliphatic carbocycles. The van der Waals surface area contributed by atoms with Gasteiger partial charge in [-0.1, -0.05) is 54.1 Å². The molecule has 1 aliphatic rings. The molecule has 2 aromatic carbocycles. The fraction of sp³-hybridized carbons (Fsp3) is 0.263. The van der Waals surface area contributed by atoms with Crippen LogP contribution in [0.15, 0.2) is 54.6 Å². The van der Waals surface area contributed by atoms with Gasteiger partial charge in [-0.2, -0.15) is 0 Å². The fourth-order valence-corrected chi connectivity index (χ4v) is 3.06. The predicted octanol–water partition coefficient (Wildman–Crippen LogP) is 3.50. The van der Waals surface area contributed by atoms with Crippen molar-refractivity contribution in [2.45, 2.75) is 19.3 Å². The largest absolute Gasteiger partial charge is 0.282 e. The second-order valence-electron chi connectivity index (χ2n) is 5.85. The van der Waals surface area contributed by atoms with E-state index in [1.807, 2.05) is 54.6 Å². The van der Waals surface area contributed by atoms with Crippen LogP contribution in [0.4, 0.5) is 0 Å². The number of imide groups is 1. The minimum Gasteiger partial charge on any atom is -0.282 e. The Morgan fingerprint density at radius 1 is 0.957 bits per heavy atom. The first-order valence-corrected chi connectivity index (χ1v) is 8.14. The molecule has 118 valence electrons. The van der Waals surface area contributed by atoms with Crippen LogP contribution in [0, 0.1) is 5.92 Å². The number of amides is 2. The number of carbonyl (C=O) groups excluding carboxylic acids is 2. The Balaban J connectivity index is 1.61. The van der Waals surface area contributed by atoms with Crippen LogP contribution in [0.5, 0.6) is 0 Å². The Labute approximate surface area is 140 Å². The average molecular weight is 328 g/mol. The summed E-state index contributed by atoms with van der Waals surface area (Å²) in [5.41, 5.74) is 2.17. The summed E-state index contributed by atoms with van der Waals surface area (Å²) in [6.07, 6.45) is 1.59. The first-order chi connectivity index (χ1) is 11.1. The van der Waals surface area contributed by atoms with Gasteiger partial charge in [-0.3, -0.25) is 14.5 Å². The standard InChI is InChI=1S/C19H18ClNO2/c20-17-8-6-15(7-9-17)12-16-13-18(22)21(19(16)23)11-10-14-4-2-1-3-5-14/h1-9,16H,10-13H2. The summed E-state index contributed by atoms with van der Waals surface area (Å²) in [5.74, 6) is -0.370. The van der Waals surface area contributed by atoms with Crippen LogP contribution in [0.25, 0.3) is 0 Å². The number of rotatable bonds is 5. The Hall–Kier alpha value is -2.13. The van der Waals surface area contributed by atoms with Crippen LogP contribution in [0.2, 0.25) is 5.02 Å². The second kappa shape index (κ2) is 6.97. The minimum absolute atomic E-state index is 0.0547. The third-order valence-corrected chi connectivity index (χ3v) is 4.45. The third kappa shape index (κ3) is 3.80. The van der Waals surface area contributed by atoms with Crippen molar-refractivity contribution >= 4 is 23.4 Å². The first-order valence-electron chi connectivity index (χ1n) is 7.76. The van der Waals surface area contributed by atoms with Gasteiger partial charge in [-0.05, 0) is 36.1 Å². The first kappa shape index (κ1) is 15.8. The number of nitrogens with zero attached hydrogens (tertiary/aromatic N) is 1. The molecule has 0 saturated carbocycles. The molecule has 23 heavy (non-hydrogen) atoms. The molecule has 1 saturated heterocycles. The number of halogens is 1. The maximum absolute atomic E-state index is 12.5. The molecule has 1 heterocycles. The molecule has 1 fully saturated rings. The molecule has 3 nitrogen and oxygen atoms in total. The molecule has 0 spiro atoms. The van der Waals surface area contributed by atoms with E-state index in [1.165, 1.54) is 4.90 Å². The van der Waals surface area contributed by atoms with E-state index in [0.717, 1.165) is 11.1 Å². The van der Waals surface area contributed by atoms with E-state index in [-0.39, 0.29) is 17.7 Å². The van der Waals surface area contributed by atoms with E-state index in [4.69, 9.17) is 11.6 Å². The third-order valence-electron chi connectivity index (χ3n) is 4.20. The van der Waals surface area contributed by atoms with Gasteiger partial charge in [0, 0.05) is 18.0 Å². The van der Waals surface area contributed by atoms with Gasteiger partial charge in [0.05, 0.1) is 5.92 Å². The van der Waals surface area contributed by atoms with Gasteiger partial charge in [0.15, 0.2) is 0 Å². The highest BCUT2D eigenvalue weighted by Gasteiger charge is 2.37. The van der Waals surface area contributed by atoms with Gasteiger partial charge < -0.3 is 0 Å². The maximum Gasteiger partial charge on any atom is 0.233 e. The van der Waals surface area contributed by atoms with E-state index in [1.54, 1.807) is 0 Å². The maximum atomic E-state index is 12.5. The van der Waals surface area contributed by atoms with Crippen molar-refractivity contribution in [1.82, 2.24) is 4.90 Å². The molecule has 3 rings (SSSR count). The highest BCUT2D eigenvalue weighted by Crippen LogP contribution is 2.24. The normalized spacial score (nSPS) is 17.8. The molecule has 2 aromatic rings. The van der Waals surface area contributed by atoms with Crippen molar-refractivity contribution < 1.29 is 9.59 Å². The van der Waals surface area contributed by atoms with Crippen molar-refractivity contribution in [3.8, 4) is 0 Å². The molecule has 1 atom stereocenters. The van der Waals surface area contributed by atoms with Crippen LogP contribution in [-0.4, -0.2) is 23.3 Å². The van der Waals surface area contributed by atoms with Crippen LogP contribution in [0.3, 0.4) is 0 Å². The minimum atomic E-state index is -0.251. The van der Waals surface area contributed by atoms with E-state index in [2.05, 4.69) is 0 Å². The van der Waals surface area contributed by atoms with Crippen molar-refractivity contribution in [2.75, 3.05) is 6.54 Å². The number of hydrogen-bond acceptors (Lipinski definition) is 2. The molecule has 0 bridgehead atoms. The zero-order chi connectivity index (χ0) is 16.2. The Morgan fingerprint density at radius 3 is 2.35 bits per heavy atom. The number of benzene rings is 2. The van der Waals surface area contributed by atoms with Gasteiger partial charge in [0.2, 0.25) is 11.8 Å². The van der Waals surface area contributed by atoms with Gasteiger partial charge in [0.25, 0.3) is 0 Å². The molecule has 0 aromatic heterocycles. The summed E-state index contributed by atoms with van der Waals surface area (Å²) in [7, 11) is 0. The number of hydrogen-bond donors (Lipinski definition) is 0. The SMILES string of the molecule is O=C1CC(Cc2ccc(Cl)cc2)C(=O)N1CCc1ccccc1. The molecule has 1 unspecified atom stereocenters. The zero-order valence-corrected chi connectivity index (χ0v) is 13.5. The lowest BCUT2D eigenvalue weighted by molar-refractivity contribution is -0.139. The van der Waals surface area contributed by atoms with Crippen molar-refractivity contribution in [3.63, 3.8) is 0 Å². The van der Waals surface area contributed by atoms with Gasteiger partial charge in [-0.25, -0.2) is 0 Å². The van der Waals surface area contributed by atoms with E-state index >= 15 is 0 Å². The van der Waals surface area contributed by atoms with Gasteiger partial charge in [-0.15, -0.1) is 0 Å². The lowest BCUT2D eigenvalue weighted by Gasteiger charge is -2.15. The number of likely N-dealkylation sites (tertiary alicyclic amines) is 1. The summed E-state index contributed by atoms with van der Waals surface area (Å²) in [4.78, 5) is 26.0. The Morgan fingerprint density at radius 2 is 1.65 bits per heavy atom. The van der Waals surface area contributed by atoms with Crippen LogP contribution in [0.1, 0.15) is 17.5 Å². The Bertz CT molecular complexity index is 697. The molecule has 1 aliphatic heterocycles. The van der Waals surface area contributed by atoms with Crippen LogP contribution >= 0.6 is 11.6 Å². The van der Waals surface area contributed by atoms with Crippen molar-refractivity contribution in [1.29, 1.82) is 0 Å². The molecule has 0 N–H and O–H groups in total. The lowest BCUT2D eigenvalue weighted by atomic mass is 9.98. The smallest absolute Gasteiger partial charge is 0.233 e. The van der Waals surface area contributed by atoms with Crippen molar-refractivity contribution in [3.05, 3.63) is 70.7 Å².